The maximum atomic E-state index is 10.1. The van der Waals surface area contributed by atoms with Gasteiger partial charge in [0.05, 0.1) is 38.6 Å². The van der Waals surface area contributed by atoms with E-state index in [2.05, 4.69) is 185 Å². The zero-order valence-electron chi connectivity index (χ0n) is 56.0. The molecule has 0 aliphatic heterocycles. The summed E-state index contributed by atoms with van der Waals surface area (Å²) < 4.78 is 26.1. The third-order valence-electron chi connectivity index (χ3n) is 17.5. The normalized spacial score (nSPS) is 12.0. The molecule has 0 N–H and O–H groups in total. The molecule has 0 aliphatic carbocycles. The lowest BCUT2D eigenvalue weighted by Gasteiger charge is -2.17. The fourth-order valence-electron chi connectivity index (χ4n) is 12.1. The second-order valence-electron chi connectivity index (χ2n) is 24.8. The summed E-state index contributed by atoms with van der Waals surface area (Å²) in [6, 6.07) is 47.5. The van der Waals surface area contributed by atoms with Crippen LogP contribution in [0.5, 0.6) is 23.0 Å². The van der Waals surface area contributed by atoms with Crippen molar-refractivity contribution in [2.75, 3.05) is 26.4 Å². The summed E-state index contributed by atoms with van der Waals surface area (Å²) in [4.78, 5) is 4.23. The van der Waals surface area contributed by atoms with Gasteiger partial charge < -0.3 is 18.9 Å². The molecular formula is C84H102N2O4S2. The maximum Gasteiger partial charge on any atom is 0.134 e. The Morgan fingerprint density at radius 2 is 0.663 bits per heavy atom. The fraction of sp³-hybridized carbons (Fsp3) is 0.429. The summed E-state index contributed by atoms with van der Waals surface area (Å²) in [5.41, 5.74) is 5.84. The van der Waals surface area contributed by atoms with Gasteiger partial charge in [0.15, 0.2) is 0 Å². The van der Waals surface area contributed by atoms with Crippen LogP contribution in [-0.2, 0) is 0 Å². The van der Waals surface area contributed by atoms with Crippen LogP contribution in [-0.4, -0.2) is 26.4 Å². The second kappa shape index (κ2) is 40.6. The van der Waals surface area contributed by atoms with Crippen LogP contribution in [0.25, 0.3) is 67.8 Å². The Labute approximate surface area is 560 Å². The van der Waals surface area contributed by atoms with Crippen LogP contribution < -0.4 is 18.9 Å². The predicted octanol–water partition coefficient (Wildman–Crippen LogP) is 26.0. The molecule has 0 atom stereocenters. The molecule has 0 spiro atoms. The van der Waals surface area contributed by atoms with E-state index < -0.39 is 0 Å². The van der Waals surface area contributed by atoms with E-state index in [4.69, 9.17) is 18.9 Å². The average molecular weight is 1270 g/mol. The predicted molar refractivity (Wildman–Crippen MR) is 398 cm³/mol. The molecule has 8 heteroatoms. The number of nitriles is 2. The number of benzene rings is 6. The number of nitrogens with zero attached hydrogens (tertiary/aromatic N) is 2. The van der Waals surface area contributed by atoms with Crippen LogP contribution in [0.3, 0.4) is 0 Å². The highest BCUT2D eigenvalue weighted by molar-refractivity contribution is 7.14. The van der Waals surface area contributed by atoms with Crippen molar-refractivity contribution in [2.24, 2.45) is 0 Å². The molecule has 0 saturated carbocycles. The Hall–Kier alpha value is -7.36. The van der Waals surface area contributed by atoms with Crippen molar-refractivity contribution in [3.05, 3.63) is 175 Å². The van der Waals surface area contributed by atoms with E-state index in [0.717, 1.165) is 173 Å². The van der Waals surface area contributed by atoms with Gasteiger partial charge in [0, 0.05) is 64.7 Å². The molecule has 92 heavy (non-hydrogen) atoms. The first kappa shape index (κ1) is 70.5. The molecule has 0 saturated heterocycles. The van der Waals surface area contributed by atoms with Gasteiger partial charge in [-0.2, -0.15) is 10.5 Å². The van der Waals surface area contributed by atoms with E-state index in [9.17, 15) is 10.5 Å². The highest BCUT2D eigenvalue weighted by Gasteiger charge is 2.17. The van der Waals surface area contributed by atoms with Crippen LogP contribution in [0.1, 0.15) is 249 Å². The van der Waals surface area contributed by atoms with E-state index in [1.165, 1.54) is 128 Å². The van der Waals surface area contributed by atoms with Gasteiger partial charge in [-0.05, 0) is 155 Å². The van der Waals surface area contributed by atoms with E-state index in [0.29, 0.717) is 13.2 Å². The number of hydrogen-bond acceptors (Lipinski definition) is 8. The molecule has 2 heterocycles. The summed E-state index contributed by atoms with van der Waals surface area (Å²) >= 11 is 3.36. The number of thiophene rings is 2. The SMILES string of the molecule is CCCCCCCCCCCCOc1ccc2cc(/C(=C/C#N)c3ccc(/C=C/c4ccc5c(OCCCCCC)c(/C=C/c6ccc(/C(=C\C#N)c7ccc8cc(OCCCCCCCCCCCC)ccc8c7)s6)ccc5c4OCCCCCC)s3)ccc2c1. The average Bonchev–Trinajstić information content (AvgIpc) is 0.815. The second-order valence-corrected chi connectivity index (χ2v) is 27.1. The molecule has 2 aromatic heterocycles. The first-order valence-electron chi connectivity index (χ1n) is 35.4. The first-order valence-corrected chi connectivity index (χ1v) is 37.0. The molecular weight excluding hydrogens is 1170 g/mol. The molecule has 0 unspecified atom stereocenters. The molecule has 8 aromatic rings. The quantitative estimate of drug-likeness (QED) is 0.0279. The maximum absolute atomic E-state index is 10.1. The Bertz CT molecular complexity index is 3490. The van der Waals surface area contributed by atoms with Crippen molar-refractivity contribution in [3.63, 3.8) is 0 Å². The van der Waals surface area contributed by atoms with Crippen molar-refractivity contribution in [2.45, 2.75) is 207 Å². The summed E-state index contributed by atoms with van der Waals surface area (Å²) in [6.45, 7) is 11.8. The molecule has 484 valence electrons. The number of unbranched alkanes of at least 4 members (excludes halogenated alkanes) is 24. The Balaban J connectivity index is 0.954. The molecule has 0 amide bonds. The fourth-order valence-corrected chi connectivity index (χ4v) is 14.0. The van der Waals surface area contributed by atoms with Gasteiger partial charge >= 0.3 is 0 Å². The van der Waals surface area contributed by atoms with Gasteiger partial charge in [-0.25, -0.2) is 0 Å². The zero-order chi connectivity index (χ0) is 64.2. The zero-order valence-corrected chi connectivity index (χ0v) is 57.6. The molecule has 0 fully saturated rings. The van der Waals surface area contributed by atoms with Crippen molar-refractivity contribution < 1.29 is 18.9 Å². The number of ether oxygens (including phenoxy) is 4. The van der Waals surface area contributed by atoms with Crippen LogP contribution in [0.4, 0.5) is 0 Å². The van der Waals surface area contributed by atoms with Crippen LogP contribution in [0.2, 0.25) is 0 Å². The lowest BCUT2D eigenvalue weighted by atomic mass is 9.99. The van der Waals surface area contributed by atoms with Gasteiger partial charge in [0.2, 0.25) is 0 Å². The Kier molecular flexibility index (Phi) is 31.1. The summed E-state index contributed by atoms with van der Waals surface area (Å²) in [6.07, 6.45) is 47.0. The number of allylic oxidation sites excluding steroid dienone is 2. The minimum atomic E-state index is 0.622. The van der Waals surface area contributed by atoms with Gasteiger partial charge in [-0.3, -0.25) is 0 Å². The molecule has 8 rings (SSSR count). The Morgan fingerprint density at radius 1 is 0.337 bits per heavy atom. The summed E-state index contributed by atoms with van der Waals surface area (Å²) in [7, 11) is 0. The highest BCUT2D eigenvalue weighted by atomic mass is 32.1. The smallest absolute Gasteiger partial charge is 0.134 e. The van der Waals surface area contributed by atoms with E-state index in [-0.39, 0.29) is 0 Å². The van der Waals surface area contributed by atoms with E-state index in [1.807, 2.05) is 0 Å². The van der Waals surface area contributed by atoms with Crippen molar-refractivity contribution >= 4 is 90.4 Å². The molecule has 6 aromatic carbocycles. The first-order chi connectivity index (χ1) is 45.4. The number of hydrogen-bond donors (Lipinski definition) is 0. The third-order valence-corrected chi connectivity index (χ3v) is 19.7. The van der Waals surface area contributed by atoms with Crippen molar-refractivity contribution in [1.29, 1.82) is 10.5 Å². The molecule has 0 radical (unpaired) electrons. The third kappa shape index (κ3) is 22.4. The standard InChI is InChI=1S/C84H102N2O4S2/c1-5-9-13-17-19-21-23-25-27-31-57-87-73-43-37-67-61-71(35-33-69(67)63-73)77(53-55-85)81-51-47-75(91-81)45-39-65-41-49-80-79(83(65)89-59-29-15-11-7-3)50-42-66(84(80)90-60-30-16-12-8-4)40-46-76-48-52-82(92-76)78(54-56-86)72-36-34-70-64-74(44-38-68(70)62-72)88-58-32-28-26-24-22-20-18-14-10-6-2/h33-54,61-64H,5-32,57-60H2,1-4H3/b45-39+,46-40+,77-53-,78-54-. The van der Waals surface area contributed by atoms with Gasteiger partial charge in [-0.15, -0.1) is 22.7 Å². The van der Waals surface area contributed by atoms with Gasteiger partial charge in [-0.1, -0.05) is 230 Å². The summed E-state index contributed by atoms with van der Waals surface area (Å²) in [5.74, 6) is 3.52. The molecule has 0 bridgehead atoms. The Morgan fingerprint density at radius 3 is 1.03 bits per heavy atom. The minimum Gasteiger partial charge on any atom is -0.494 e. The summed E-state index contributed by atoms with van der Waals surface area (Å²) in [5, 5.41) is 26.6. The van der Waals surface area contributed by atoms with E-state index >= 15 is 0 Å². The highest BCUT2D eigenvalue weighted by Crippen LogP contribution is 2.41. The molecule has 0 aliphatic rings. The monoisotopic (exact) mass is 1270 g/mol. The van der Waals surface area contributed by atoms with Crippen LogP contribution in [0, 0.1) is 22.7 Å². The van der Waals surface area contributed by atoms with Crippen LogP contribution in [0.15, 0.2) is 133 Å². The van der Waals surface area contributed by atoms with Gasteiger partial charge in [0.1, 0.15) is 23.0 Å². The largest absolute Gasteiger partial charge is 0.494 e. The van der Waals surface area contributed by atoms with Crippen LogP contribution >= 0.6 is 22.7 Å². The van der Waals surface area contributed by atoms with E-state index in [1.54, 1.807) is 34.8 Å². The number of fused-ring (bicyclic) bond motifs is 3. The number of rotatable bonds is 44. The van der Waals surface area contributed by atoms with Crippen molar-refractivity contribution in [1.82, 2.24) is 0 Å². The lowest BCUT2D eigenvalue weighted by Crippen LogP contribution is -2.02. The topological polar surface area (TPSA) is 84.5 Å². The minimum absolute atomic E-state index is 0.622. The lowest BCUT2D eigenvalue weighted by molar-refractivity contribution is 0.304. The van der Waals surface area contributed by atoms with Gasteiger partial charge in [0.25, 0.3) is 0 Å². The van der Waals surface area contributed by atoms with Crippen molar-refractivity contribution in [3.8, 4) is 35.1 Å². The molecule has 6 nitrogen and oxygen atoms in total.